The van der Waals surface area contributed by atoms with Crippen LogP contribution in [-0.2, 0) is 17.8 Å². The molecule has 0 aliphatic rings. The Hall–Kier alpha value is -4.18. The Morgan fingerprint density at radius 2 is 1.68 bits per heavy atom. The molecule has 156 valence electrons. The first-order chi connectivity index (χ1) is 15.0. The summed E-state index contributed by atoms with van der Waals surface area (Å²) < 4.78 is 18.5. The summed E-state index contributed by atoms with van der Waals surface area (Å²) in [4.78, 5) is 24.5. The lowest BCUT2D eigenvalue weighted by atomic mass is 10.1. The molecule has 0 spiro atoms. The summed E-state index contributed by atoms with van der Waals surface area (Å²) in [5.74, 6) is -0.403. The molecule has 3 aromatic carbocycles. The van der Waals surface area contributed by atoms with Gasteiger partial charge in [0.2, 0.25) is 5.91 Å². The first-order valence-electron chi connectivity index (χ1n) is 9.48. The Morgan fingerprint density at radius 1 is 1.00 bits per heavy atom. The maximum atomic E-state index is 13.4. The van der Waals surface area contributed by atoms with Crippen LogP contribution < -0.4 is 15.4 Å². The number of carbonyl (C=O) groups is 2. The van der Waals surface area contributed by atoms with Crippen molar-refractivity contribution >= 4 is 17.5 Å². The summed E-state index contributed by atoms with van der Waals surface area (Å²) in [6.07, 6.45) is 0.257. The molecular formula is C24H20FN3O3. The Labute approximate surface area is 179 Å². The van der Waals surface area contributed by atoms with Crippen molar-refractivity contribution in [3.63, 3.8) is 0 Å². The Balaban J connectivity index is 1.52. The van der Waals surface area contributed by atoms with Gasteiger partial charge in [0.15, 0.2) is 0 Å². The number of anilines is 1. The van der Waals surface area contributed by atoms with Crippen LogP contribution in [0.4, 0.5) is 10.1 Å². The van der Waals surface area contributed by atoms with Gasteiger partial charge in [-0.3, -0.25) is 9.59 Å². The minimum absolute atomic E-state index is 0.114. The number of nitrogens with one attached hydrogen (secondary N) is 2. The smallest absolute Gasteiger partial charge is 0.255 e. The first-order valence-corrected chi connectivity index (χ1v) is 9.48. The van der Waals surface area contributed by atoms with Gasteiger partial charge in [-0.05, 0) is 53.6 Å². The summed E-state index contributed by atoms with van der Waals surface area (Å²) >= 11 is 0. The third-order valence-electron chi connectivity index (χ3n) is 4.57. The summed E-state index contributed by atoms with van der Waals surface area (Å²) in [5, 5.41) is 14.4. The topological polar surface area (TPSA) is 91.2 Å². The van der Waals surface area contributed by atoms with Gasteiger partial charge in [0.05, 0.1) is 19.1 Å². The summed E-state index contributed by atoms with van der Waals surface area (Å²) in [6, 6.07) is 19.6. The first kappa shape index (κ1) is 21.5. The summed E-state index contributed by atoms with van der Waals surface area (Å²) in [5.41, 5.74) is 2.31. The summed E-state index contributed by atoms with van der Waals surface area (Å²) in [6.45, 7) is 0.334. The number of hydrogen-bond donors (Lipinski definition) is 2. The standard InChI is InChI=1S/C24H20FN3O3/c1-31-21-9-4-16(5-10-21)12-23(29)27-15-17-2-6-18(7-3-17)24(30)28-20-8-11-22(25)19(13-20)14-26/h2-11,13H,12,15H2,1H3,(H,27,29)(H,28,30). The number of hydrogen-bond acceptors (Lipinski definition) is 4. The average Bonchev–Trinajstić information content (AvgIpc) is 2.79. The largest absolute Gasteiger partial charge is 0.497 e. The highest BCUT2D eigenvalue weighted by molar-refractivity contribution is 6.04. The number of benzene rings is 3. The van der Waals surface area contributed by atoms with Gasteiger partial charge in [-0.15, -0.1) is 0 Å². The van der Waals surface area contributed by atoms with Crippen molar-refractivity contribution in [1.29, 1.82) is 5.26 Å². The fraction of sp³-hybridized carbons (Fsp3) is 0.125. The van der Waals surface area contributed by atoms with Crippen LogP contribution in [0.2, 0.25) is 0 Å². The molecule has 0 fully saturated rings. The van der Waals surface area contributed by atoms with Gasteiger partial charge in [0, 0.05) is 17.8 Å². The van der Waals surface area contributed by atoms with Gasteiger partial charge >= 0.3 is 0 Å². The fourth-order valence-electron chi connectivity index (χ4n) is 2.86. The van der Waals surface area contributed by atoms with Gasteiger partial charge in [-0.2, -0.15) is 5.26 Å². The van der Waals surface area contributed by atoms with Crippen molar-refractivity contribution in [2.75, 3.05) is 12.4 Å². The third kappa shape index (κ3) is 5.90. The van der Waals surface area contributed by atoms with Gasteiger partial charge in [-0.25, -0.2) is 4.39 Å². The molecule has 0 heterocycles. The maximum Gasteiger partial charge on any atom is 0.255 e. The molecule has 3 aromatic rings. The van der Waals surface area contributed by atoms with Crippen molar-refractivity contribution in [2.24, 2.45) is 0 Å². The highest BCUT2D eigenvalue weighted by Gasteiger charge is 2.09. The van der Waals surface area contributed by atoms with Gasteiger partial charge in [0.1, 0.15) is 17.6 Å². The van der Waals surface area contributed by atoms with Gasteiger partial charge in [0.25, 0.3) is 5.91 Å². The number of amides is 2. The second kappa shape index (κ2) is 10.0. The highest BCUT2D eigenvalue weighted by Crippen LogP contribution is 2.16. The van der Waals surface area contributed by atoms with Crippen molar-refractivity contribution in [2.45, 2.75) is 13.0 Å². The number of ether oxygens (including phenoxy) is 1. The van der Waals surface area contributed by atoms with E-state index in [9.17, 15) is 14.0 Å². The van der Waals surface area contributed by atoms with E-state index in [0.29, 0.717) is 17.8 Å². The van der Waals surface area contributed by atoms with Crippen LogP contribution >= 0.6 is 0 Å². The monoisotopic (exact) mass is 417 g/mol. The molecule has 3 rings (SSSR count). The second-order valence-electron chi connectivity index (χ2n) is 6.76. The molecule has 0 bridgehead atoms. The van der Waals surface area contributed by atoms with Crippen molar-refractivity contribution in [3.8, 4) is 11.8 Å². The zero-order valence-corrected chi connectivity index (χ0v) is 16.8. The fourth-order valence-corrected chi connectivity index (χ4v) is 2.86. The van der Waals surface area contributed by atoms with Crippen molar-refractivity contribution < 1.29 is 18.7 Å². The van der Waals surface area contributed by atoms with Crippen LogP contribution in [0.5, 0.6) is 5.75 Å². The molecule has 0 aromatic heterocycles. The van der Waals surface area contributed by atoms with E-state index >= 15 is 0 Å². The van der Waals surface area contributed by atoms with E-state index in [0.717, 1.165) is 22.9 Å². The molecule has 2 N–H and O–H groups in total. The lowest BCUT2D eigenvalue weighted by Gasteiger charge is -2.08. The van der Waals surface area contributed by atoms with Crippen molar-refractivity contribution in [1.82, 2.24) is 5.32 Å². The maximum absolute atomic E-state index is 13.4. The normalized spacial score (nSPS) is 10.1. The lowest BCUT2D eigenvalue weighted by Crippen LogP contribution is -2.24. The lowest BCUT2D eigenvalue weighted by molar-refractivity contribution is -0.120. The molecule has 0 saturated heterocycles. The zero-order chi connectivity index (χ0) is 22.2. The second-order valence-corrected chi connectivity index (χ2v) is 6.76. The van der Waals surface area contributed by atoms with E-state index in [1.54, 1.807) is 49.6 Å². The molecule has 0 radical (unpaired) electrons. The molecule has 0 aliphatic carbocycles. The van der Waals surface area contributed by atoms with Crippen molar-refractivity contribution in [3.05, 3.63) is 94.8 Å². The van der Waals surface area contributed by atoms with E-state index < -0.39 is 5.82 Å². The van der Waals surface area contributed by atoms with Crippen LogP contribution in [0.1, 0.15) is 27.0 Å². The van der Waals surface area contributed by atoms with Crippen LogP contribution in [0, 0.1) is 17.1 Å². The van der Waals surface area contributed by atoms with E-state index in [-0.39, 0.29) is 23.8 Å². The van der Waals surface area contributed by atoms with E-state index in [2.05, 4.69) is 10.6 Å². The SMILES string of the molecule is COc1ccc(CC(=O)NCc2ccc(C(=O)Nc3ccc(F)c(C#N)c3)cc2)cc1. The molecule has 0 unspecified atom stereocenters. The molecule has 31 heavy (non-hydrogen) atoms. The Bertz CT molecular complexity index is 1120. The van der Waals surface area contributed by atoms with Gasteiger partial charge in [-0.1, -0.05) is 24.3 Å². The molecular weight excluding hydrogens is 397 g/mol. The minimum atomic E-state index is -0.640. The summed E-state index contributed by atoms with van der Waals surface area (Å²) in [7, 11) is 1.59. The molecule has 2 amide bonds. The van der Waals surface area contributed by atoms with Crippen LogP contribution in [-0.4, -0.2) is 18.9 Å². The van der Waals surface area contributed by atoms with Crippen LogP contribution in [0.3, 0.4) is 0 Å². The van der Waals surface area contributed by atoms with Crippen LogP contribution in [0.15, 0.2) is 66.7 Å². The predicted octanol–water partition coefficient (Wildman–Crippen LogP) is 3.82. The number of nitriles is 1. The molecule has 0 atom stereocenters. The van der Waals surface area contributed by atoms with Crippen LogP contribution in [0.25, 0.3) is 0 Å². The minimum Gasteiger partial charge on any atom is -0.497 e. The van der Waals surface area contributed by atoms with E-state index in [1.807, 2.05) is 12.1 Å². The van der Waals surface area contributed by atoms with Gasteiger partial charge < -0.3 is 15.4 Å². The number of rotatable bonds is 7. The Kier molecular flexibility index (Phi) is 6.97. The number of nitrogens with zero attached hydrogens (tertiary/aromatic N) is 1. The third-order valence-corrected chi connectivity index (χ3v) is 4.57. The number of halogens is 1. The molecule has 6 nitrogen and oxygen atoms in total. The average molecular weight is 417 g/mol. The van der Waals surface area contributed by atoms with E-state index in [1.165, 1.54) is 12.1 Å². The van der Waals surface area contributed by atoms with E-state index in [4.69, 9.17) is 10.00 Å². The highest BCUT2D eigenvalue weighted by atomic mass is 19.1. The zero-order valence-electron chi connectivity index (χ0n) is 16.8. The molecule has 0 saturated carbocycles. The Morgan fingerprint density at radius 3 is 2.32 bits per heavy atom. The number of carbonyl (C=O) groups excluding carboxylic acids is 2. The quantitative estimate of drug-likeness (QED) is 0.611. The predicted molar refractivity (Wildman–Crippen MR) is 114 cm³/mol. The molecule has 7 heteroatoms. The number of methoxy groups -OCH3 is 1. The molecule has 0 aliphatic heterocycles.